The van der Waals surface area contributed by atoms with E-state index in [0.717, 1.165) is 10.0 Å². The van der Waals surface area contributed by atoms with Gasteiger partial charge in [0.05, 0.1) is 12.4 Å². The van der Waals surface area contributed by atoms with Crippen LogP contribution in [0.3, 0.4) is 0 Å². The van der Waals surface area contributed by atoms with Crippen LogP contribution in [0.15, 0.2) is 22.7 Å². The van der Waals surface area contributed by atoms with E-state index in [1.54, 1.807) is 6.92 Å². The second-order valence-electron chi connectivity index (χ2n) is 3.83. The summed E-state index contributed by atoms with van der Waals surface area (Å²) in [4.78, 5) is 0. The lowest BCUT2D eigenvalue weighted by Gasteiger charge is -2.08. The predicted molar refractivity (Wildman–Crippen MR) is 78.1 cm³/mol. The smallest absolute Gasteiger partial charge is 0.150 e. The summed E-state index contributed by atoms with van der Waals surface area (Å²) >= 11 is 9.17. The van der Waals surface area contributed by atoms with Gasteiger partial charge in [-0.25, -0.2) is 8.42 Å². The van der Waals surface area contributed by atoms with Gasteiger partial charge < -0.3 is 4.74 Å². The van der Waals surface area contributed by atoms with Crippen LogP contribution in [0.25, 0.3) is 0 Å². The first-order valence-electron chi connectivity index (χ1n) is 5.66. The van der Waals surface area contributed by atoms with Crippen molar-refractivity contribution in [1.82, 2.24) is 0 Å². The van der Waals surface area contributed by atoms with Crippen LogP contribution in [0.5, 0.6) is 5.75 Å². The van der Waals surface area contributed by atoms with Crippen molar-refractivity contribution in [3.63, 3.8) is 0 Å². The lowest BCUT2D eigenvalue weighted by molar-refractivity contribution is 0.317. The van der Waals surface area contributed by atoms with Crippen LogP contribution in [0.4, 0.5) is 0 Å². The topological polar surface area (TPSA) is 43.4 Å². The third-order valence-corrected chi connectivity index (χ3v) is 5.32. The maximum absolute atomic E-state index is 11.3. The second-order valence-corrected chi connectivity index (χ2v) is 7.42. The average Bonchev–Trinajstić information content (AvgIpc) is 2.36. The summed E-state index contributed by atoms with van der Waals surface area (Å²) in [6, 6.07) is 5.55. The van der Waals surface area contributed by atoms with Gasteiger partial charge in [0.15, 0.2) is 0 Å². The van der Waals surface area contributed by atoms with Crippen LogP contribution in [-0.2, 0) is 15.7 Å². The van der Waals surface area contributed by atoms with Gasteiger partial charge in [-0.2, -0.15) is 0 Å². The molecule has 0 aromatic heterocycles. The average molecular weight is 356 g/mol. The molecule has 0 unspecified atom stereocenters. The molecule has 0 spiro atoms. The summed E-state index contributed by atoms with van der Waals surface area (Å²) in [6.45, 7) is 2.04. The van der Waals surface area contributed by atoms with Crippen LogP contribution in [0.1, 0.15) is 18.9 Å². The minimum absolute atomic E-state index is 0.169. The molecule has 0 bridgehead atoms. The number of halogens is 2. The van der Waals surface area contributed by atoms with E-state index in [0.29, 0.717) is 24.7 Å². The maximum atomic E-state index is 11.3. The van der Waals surface area contributed by atoms with Crippen LogP contribution in [0, 0.1) is 0 Å². The molecule has 0 N–H and O–H groups in total. The number of ether oxygens (including phenoxy) is 1. The van der Waals surface area contributed by atoms with Crippen LogP contribution in [-0.4, -0.2) is 26.5 Å². The van der Waals surface area contributed by atoms with Crippen molar-refractivity contribution < 1.29 is 13.2 Å². The molecule has 0 heterocycles. The normalized spacial score (nSPS) is 11.5. The number of benzene rings is 1. The van der Waals surface area contributed by atoms with Crippen molar-refractivity contribution in [2.75, 3.05) is 18.1 Å². The molecule has 0 aliphatic carbocycles. The van der Waals surface area contributed by atoms with Crippen molar-refractivity contribution in [3.05, 3.63) is 28.2 Å². The molecule has 0 saturated carbocycles. The van der Waals surface area contributed by atoms with E-state index in [9.17, 15) is 8.42 Å². The summed E-state index contributed by atoms with van der Waals surface area (Å²) < 4.78 is 29.0. The highest BCUT2D eigenvalue weighted by Gasteiger charge is 2.07. The summed E-state index contributed by atoms with van der Waals surface area (Å²) in [5.74, 6) is 1.47. The Morgan fingerprint density at radius 3 is 2.72 bits per heavy atom. The number of hydrogen-bond donors (Lipinski definition) is 0. The van der Waals surface area contributed by atoms with E-state index in [4.69, 9.17) is 16.3 Å². The highest BCUT2D eigenvalue weighted by Crippen LogP contribution is 2.24. The molecule has 3 nitrogen and oxygen atoms in total. The van der Waals surface area contributed by atoms with Gasteiger partial charge in [0.1, 0.15) is 15.6 Å². The molecule has 0 fully saturated rings. The quantitative estimate of drug-likeness (QED) is 0.556. The fourth-order valence-electron chi connectivity index (χ4n) is 1.36. The first-order valence-corrected chi connectivity index (χ1v) is 8.81. The van der Waals surface area contributed by atoms with Gasteiger partial charge in [0.25, 0.3) is 0 Å². The number of sulfone groups is 1. The highest BCUT2D eigenvalue weighted by molar-refractivity contribution is 9.10. The van der Waals surface area contributed by atoms with Crippen LogP contribution >= 0.6 is 27.5 Å². The van der Waals surface area contributed by atoms with E-state index in [1.165, 1.54) is 0 Å². The highest BCUT2D eigenvalue weighted by atomic mass is 79.9. The lowest BCUT2D eigenvalue weighted by Crippen LogP contribution is -2.11. The van der Waals surface area contributed by atoms with Gasteiger partial charge in [0.2, 0.25) is 0 Å². The van der Waals surface area contributed by atoms with Crippen molar-refractivity contribution >= 4 is 37.4 Å². The maximum Gasteiger partial charge on any atom is 0.150 e. The fourth-order valence-corrected chi connectivity index (χ4v) is 2.97. The Hall–Kier alpha value is -0.260. The molecule has 0 amide bonds. The zero-order valence-corrected chi connectivity index (χ0v) is 13.3. The standard InChI is InChI=1S/C12H16BrClO3S/c1-2-18(15,16)7-3-6-17-11-4-5-12(13)10(8-11)9-14/h4-5,8H,2-3,6-7,9H2,1H3. The Kier molecular flexibility index (Phi) is 6.46. The molecule has 0 aliphatic heterocycles. The lowest BCUT2D eigenvalue weighted by atomic mass is 10.2. The zero-order valence-electron chi connectivity index (χ0n) is 10.2. The number of rotatable bonds is 7. The summed E-state index contributed by atoms with van der Waals surface area (Å²) in [5.41, 5.74) is 0.954. The van der Waals surface area contributed by atoms with Crippen molar-refractivity contribution in [2.24, 2.45) is 0 Å². The Labute approximate surface area is 122 Å². The van der Waals surface area contributed by atoms with Gasteiger partial charge in [-0.05, 0) is 30.2 Å². The molecule has 1 aromatic rings. The minimum atomic E-state index is -2.90. The van der Waals surface area contributed by atoms with E-state index < -0.39 is 9.84 Å². The SMILES string of the molecule is CCS(=O)(=O)CCCOc1ccc(Br)c(CCl)c1. The molecular weight excluding hydrogens is 340 g/mol. The molecule has 0 atom stereocenters. The van der Waals surface area contributed by atoms with Crippen LogP contribution < -0.4 is 4.74 Å². The zero-order chi connectivity index (χ0) is 13.6. The molecule has 6 heteroatoms. The van der Waals surface area contributed by atoms with Crippen LogP contribution in [0.2, 0.25) is 0 Å². The van der Waals surface area contributed by atoms with Gasteiger partial charge in [0, 0.05) is 16.1 Å². The molecule has 102 valence electrons. The Balaban J connectivity index is 2.45. The van der Waals surface area contributed by atoms with E-state index in [2.05, 4.69) is 15.9 Å². The van der Waals surface area contributed by atoms with E-state index in [1.807, 2.05) is 18.2 Å². The molecule has 1 aromatic carbocycles. The molecule has 18 heavy (non-hydrogen) atoms. The molecule has 0 radical (unpaired) electrons. The van der Waals surface area contributed by atoms with Gasteiger partial charge in [-0.1, -0.05) is 22.9 Å². The Bertz CT molecular complexity index is 488. The largest absolute Gasteiger partial charge is 0.494 e. The van der Waals surface area contributed by atoms with Crippen molar-refractivity contribution in [3.8, 4) is 5.75 Å². The van der Waals surface area contributed by atoms with Crippen molar-refractivity contribution in [1.29, 1.82) is 0 Å². The number of hydrogen-bond acceptors (Lipinski definition) is 3. The monoisotopic (exact) mass is 354 g/mol. The molecule has 0 saturated heterocycles. The molecule has 1 rings (SSSR count). The van der Waals surface area contributed by atoms with Crippen molar-refractivity contribution in [2.45, 2.75) is 19.2 Å². The van der Waals surface area contributed by atoms with Gasteiger partial charge in [-0.15, -0.1) is 11.6 Å². The second kappa shape index (κ2) is 7.36. The van der Waals surface area contributed by atoms with E-state index >= 15 is 0 Å². The number of alkyl halides is 1. The molecule has 0 aliphatic rings. The van der Waals surface area contributed by atoms with Gasteiger partial charge in [-0.3, -0.25) is 0 Å². The Morgan fingerprint density at radius 2 is 2.11 bits per heavy atom. The molecular formula is C12H16BrClO3S. The fraction of sp³-hybridized carbons (Fsp3) is 0.500. The summed E-state index contributed by atoms with van der Waals surface area (Å²) in [6.07, 6.45) is 0.502. The van der Waals surface area contributed by atoms with E-state index in [-0.39, 0.29) is 11.5 Å². The Morgan fingerprint density at radius 1 is 1.39 bits per heavy atom. The first kappa shape index (κ1) is 15.8. The summed E-state index contributed by atoms with van der Waals surface area (Å²) in [7, 11) is -2.90. The third-order valence-electron chi connectivity index (χ3n) is 2.47. The third kappa shape index (κ3) is 5.16. The minimum Gasteiger partial charge on any atom is -0.494 e. The predicted octanol–water partition coefficient (Wildman–Crippen LogP) is 3.39. The summed E-state index contributed by atoms with van der Waals surface area (Å²) in [5, 5.41) is 0. The van der Waals surface area contributed by atoms with Gasteiger partial charge >= 0.3 is 0 Å². The first-order chi connectivity index (χ1) is 8.48.